The Morgan fingerprint density at radius 3 is 2.72 bits per heavy atom. The summed E-state index contributed by atoms with van der Waals surface area (Å²) in [5, 5.41) is 9.45. The Morgan fingerprint density at radius 1 is 1.28 bits per heavy atom. The van der Waals surface area contributed by atoms with E-state index >= 15 is 0 Å². The van der Waals surface area contributed by atoms with E-state index in [0.29, 0.717) is 27.8 Å². The van der Waals surface area contributed by atoms with Crippen LogP contribution in [0.4, 0.5) is 5.69 Å². The van der Waals surface area contributed by atoms with E-state index in [1.807, 2.05) is 0 Å². The molecule has 0 amide bonds. The molecule has 0 fully saturated rings. The van der Waals surface area contributed by atoms with Crippen molar-refractivity contribution in [2.24, 2.45) is 0 Å². The van der Waals surface area contributed by atoms with Gasteiger partial charge in [0.2, 0.25) is 0 Å². The molecule has 0 aliphatic rings. The molecule has 2 aromatic carbocycles. The molecular weight excluding hydrogens is 316 g/mol. The summed E-state index contributed by atoms with van der Waals surface area (Å²) < 4.78 is 6.42. The van der Waals surface area contributed by atoms with Crippen LogP contribution in [0.1, 0.15) is 5.56 Å². The summed E-state index contributed by atoms with van der Waals surface area (Å²) in [4.78, 5) is 0. The maximum absolute atomic E-state index is 9.04. The van der Waals surface area contributed by atoms with Crippen molar-refractivity contribution >= 4 is 33.2 Å². The predicted octanol–water partition coefficient (Wildman–Crippen LogP) is 4.35. The average Bonchev–Trinajstić information content (AvgIpc) is 2.35. The molecule has 90 valence electrons. The third-order valence-corrected chi connectivity index (χ3v) is 3.06. The van der Waals surface area contributed by atoms with Gasteiger partial charge in [-0.2, -0.15) is 5.26 Å². The highest BCUT2D eigenvalue weighted by Crippen LogP contribution is 2.36. The highest BCUT2D eigenvalue weighted by Gasteiger charge is 2.10. The molecule has 0 unspecified atom stereocenters. The molecule has 0 aliphatic carbocycles. The van der Waals surface area contributed by atoms with E-state index in [4.69, 9.17) is 27.3 Å². The number of nitrogen functional groups attached to an aromatic ring is 1. The van der Waals surface area contributed by atoms with Gasteiger partial charge in [-0.05, 0) is 30.3 Å². The van der Waals surface area contributed by atoms with E-state index in [0.717, 1.165) is 4.47 Å². The van der Waals surface area contributed by atoms with Gasteiger partial charge in [-0.15, -0.1) is 0 Å². The Balaban J connectivity index is 2.44. The molecule has 0 aliphatic heterocycles. The predicted molar refractivity (Wildman–Crippen MR) is 74.8 cm³/mol. The lowest BCUT2D eigenvalue weighted by Gasteiger charge is -2.11. The van der Waals surface area contributed by atoms with Gasteiger partial charge >= 0.3 is 0 Å². The lowest BCUT2D eigenvalue weighted by atomic mass is 10.2. The Morgan fingerprint density at radius 2 is 2.06 bits per heavy atom. The van der Waals surface area contributed by atoms with E-state index in [2.05, 4.69) is 22.0 Å². The van der Waals surface area contributed by atoms with Crippen LogP contribution in [0.25, 0.3) is 0 Å². The first-order chi connectivity index (χ1) is 8.61. The molecule has 2 rings (SSSR count). The van der Waals surface area contributed by atoms with E-state index in [9.17, 15) is 0 Å². The molecule has 0 heterocycles. The second kappa shape index (κ2) is 5.30. The average molecular weight is 324 g/mol. The van der Waals surface area contributed by atoms with Crippen molar-refractivity contribution < 1.29 is 4.74 Å². The molecule has 0 atom stereocenters. The minimum absolute atomic E-state index is 0.359. The molecule has 0 aromatic heterocycles. The summed E-state index contributed by atoms with van der Waals surface area (Å²) in [6.07, 6.45) is 0. The van der Waals surface area contributed by atoms with E-state index in [-0.39, 0.29) is 0 Å². The number of para-hydroxylation sites is 1. The number of nitrogens with two attached hydrogens (primary N) is 1. The largest absolute Gasteiger partial charge is 0.452 e. The van der Waals surface area contributed by atoms with Crippen LogP contribution in [0.2, 0.25) is 5.02 Å². The van der Waals surface area contributed by atoms with Crippen LogP contribution < -0.4 is 10.5 Å². The summed E-state index contributed by atoms with van der Waals surface area (Å²) in [5.41, 5.74) is 6.62. The third-order valence-electron chi connectivity index (χ3n) is 2.27. The van der Waals surface area contributed by atoms with Crippen molar-refractivity contribution in [1.29, 1.82) is 5.26 Å². The zero-order chi connectivity index (χ0) is 13.1. The van der Waals surface area contributed by atoms with E-state index < -0.39 is 0 Å². The summed E-state index contributed by atoms with van der Waals surface area (Å²) in [7, 11) is 0. The quantitative estimate of drug-likeness (QED) is 0.836. The standard InChI is InChI=1S/C13H8BrClN2O/c14-9-4-5-12(8(6-9)7-16)18-13-10(15)2-1-3-11(13)17/h1-6H,17H2. The number of anilines is 1. The Bertz CT molecular complexity index is 617. The van der Waals surface area contributed by atoms with Crippen LogP contribution in [0, 0.1) is 11.3 Å². The zero-order valence-electron chi connectivity index (χ0n) is 9.15. The van der Waals surface area contributed by atoms with Crippen LogP contribution >= 0.6 is 27.5 Å². The molecule has 0 saturated carbocycles. The molecule has 18 heavy (non-hydrogen) atoms. The number of benzene rings is 2. The molecule has 0 spiro atoms. The fourth-order valence-corrected chi connectivity index (χ4v) is 2.00. The van der Waals surface area contributed by atoms with Crippen molar-refractivity contribution in [3.8, 4) is 17.6 Å². The fraction of sp³-hybridized carbons (Fsp3) is 0. The van der Waals surface area contributed by atoms with Gasteiger partial charge in [-0.25, -0.2) is 0 Å². The topological polar surface area (TPSA) is 59.0 Å². The zero-order valence-corrected chi connectivity index (χ0v) is 11.5. The van der Waals surface area contributed by atoms with Crippen molar-refractivity contribution in [2.45, 2.75) is 0 Å². The SMILES string of the molecule is N#Cc1cc(Br)ccc1Oc1c(N)cccc1Cl. The van der Waals surface area contributed by atoms with Gasteiger partial charge in [0.15, 0.2) is 5.75 Å². The van der Waals surface area contributed by atoms with Crippen molar-refractivity contribution in [2.75, 3.05) is 5.73 Å². The Labute approximate surface area is 118 Å². The molecular formula is C13H8BrClN2O. The summed E-state index contributed by atoms with van der Waals surface area (Å²) in [6, 6.07) is 12.3. The molecule has 0 bridgehead atoms. The second-order valence-corrected chi connectivity index (χ2v) is 4.84. The van der Waals surface area contributed by atoms with Gasteiger partial charge in [-0.1, -0.05) is 33.6 Å². The van der Waals surface area contributed by atoms with E-state index in [1.54, 1.807) is 36.4 Å². The first-order valence-electron chi connectivity index (χ1n) is 5.03. The maximum atomic E-state index is 9.04. The minimum atomic E-state index is 0.359. The van der Waals surface area contributed by atoms with Crippen molar-refractivity contribution in [3.63, 3.8) is 0 Å². The van der Waals surface area contributed by atoms with Gasteiger partial charge in [0.1, 0.15) is 11.8 Å². The first-order valence-corrected chi connectivity index (χ1v) is 6.20. The second-order valence-electron chi connectivity index (χ2n) is 3.51. The summed E-state index contributed by atoms with van der Waals surface area (Å²) in [6.45, 7) is 0. The number of halogens is 2. The molecule has 0 radical (unpaired) electrons. The van der Waals surface area contributed by atoms with Gasteiger partial charge < -0.3 is 10.5 Å². The third kappa shape index (κ3) is 2.58. The highest BCUT2D eigenvalue weighted by atomic mass is 79.9. The highest BCUT2D eigenvalue weighted by molar-refractivity contribution is 9.10. The number of rotatable bonds is 2. The fourth-order valence-electron chi connectivity index (χ4n) is 1.42. The van der Waals surface area contributed by atoms with Crippen LogP contribution in [-0.4, -0.2) is 0 Å². The van der Waals surface area contributed by atoms with E-state index in [1.165, 1.54) is 0 Å². The number of hydrogen-bond donors (Lipinski definition) is 1. The van der Waals surface area contributed by atoms with Crippen molar-refractivity contribution in [1.82, 2.24) is 0 Å². The lowest BCUT2D eigenvalue weighted by Crippen LogP contribution is -1.94. The molecule has 2 aromatic rings. The normalized spacial score (nSPS) is 9.83. The van der Waals surface area contributed by atoms with Crippen molar-refractivity contribution in [3.05, 3.63) is 51.5 Å². The van der Waals surface area contributed by atoms with Crippen LogP contribution in [0.3, 0.4) is 0 Å². The summed E-state index contributed by atoms with van der Waals surface area (Å²) in [5.74, 6) is 0.776. The first kappa shape index (κ1) is 12.7. The minimum Gasteiger partial charge on any atom is -0.452 e. The maximum Gasteiger partial charge on any atom is 0.168 e. The molecule has 2 N–H and O–H groups in total. The smallest absolute Gasteiger partial charge is 0.168 e. The van der Waals surface area contributed by atoms with Crippen LogP contribution in [-0.2, 0) is 0 Å². The number of nitriles is 1. The van der Waals surface area contributed by atoms with Gasteiger partial charge in [0, 0.05) is 4.47 Å². The molecule has 0 saturated heterocycles. The Hall–Kier alpha value is -1.70. The summed E-state index contributed by atoms with van der Waals surface area (Å²) >= 11 is 9.30. The Kier molecular flexibility index (Phi) is 3.75. The number of ether oxygens (including phenoxy) is 1. The number of nitrogens with zero attached hydrogens (tertiary/aromatic N) is 1. The van der Waals surface area contributed by atoms with Gasteiger partial charge in [0.05, 0.1) is 16.3 Å². The van der Waals surface area contributed by atoms with Crippen LogP contribution in [0.5, 0.6) is 11.5 Å². The molecule has 5 heteroatoms. The van der Waals surface area contributed by atoms with Crippen LogP contribution in [0.15, 0.2) is 40.9 Å². The van der Waals surface area contributed by atoms with Gasteiger partial charge in [0.25, 0.3) is 0 Å². The monoisotopic (exact) mass is 322 g/mol. The number of hydrogen-bond acceptors (Lipinski definition) is 3. The lowest BCUT2D eigenvalue weighted by molar-refractivity contribution is 0.483. The molecule has 3 nitrogen and oxygen atoms in total. The van der Waals surface area contributed by atoms with Gasteiger partial charge in [-0.3, -0.25) is 0 Å².